The molecule has 0 atom stereocenters. The fourth-order valence-electron chi connectivity index (χ4n) is 3.51. The minimum absolute atomic E-state index is 0.439. The fraction of sp³-hybridized carbons (Fsp3) is 0.0435. The van der Waals surface area contributed by atoms with Gasteiger partial charge in [0, 0.05) is 5.56 Å². The molecule has 0 aliphatic carbocycles. The Bertz CT molecular complexity index is 1340. The lowest BCUT2D eigenvalue weighted by Crippen LogP contribution is -2.04. The average Bonchev–Trinajstić information content (AvgIpc) is 3.10. The monoisotopic (exact) mass is 389 g/mol. The van der Waals surface area contributed by atoms with Crippen LogP contribution in [0.4, 0.5) is 13.2 Å². The van der Waals surface area contributed by atoms with Crippen LogP contribution in [0.2, 0.25) is 0 Å². The number of aromatic nitrogens is 3. The third-order valence-corrected chi connectivity index (χ3v) is 4.84. The first-order valence-corrected chi connectivity index (χ1v) is 9.02. The van der Waals surface area contributed by atoms with Crippen molar-refractivity contribution in [1.82, 2.24) is 15.0 Å². The molecule has 0 amide bonds. The van der Waals surface area contributed by atoms with E-state index in [2.05, 4.69) is 9.97 Å². The number of aromatic amines is 1. The van der Waals surface area contributed by atoms with Gasteiger partial charge in [-0.3, -0.25) is 0 Å². The molecule has 5 aromatic rings. The lowest BCUT2D eigenvalue weighted by Gasteiger charge is -2.10. The molecule has 29 heavy (non-hydrogen) atoms. The van der Waals surface area contributed by atoms with Gasteiger partial charge in [0.1, 0.15) is 5.52 Å². The second-order valence-corrected chi connectivity index (χ2v) is 6.73. The molecule has 3 nitrogen and oxygen atoms in total. The van der Waals surface area contributed by atoms with E-state index in [4.69, 9.17) is 4.98 Å². The van der Waals surface area contributed by atoms with Gasteiger partial charge in [0.15, 0.2) is 5.65 Å². The first-order chi connectivity index (χ1) is 14.0. The summed E-state index contributed by atoms with van der Waals surface area (Å²) in [7, 11) is 0. The predicted molar refractivity (Wildman–Crippen MR) is 107 cm³/mol. The quantitative estimate of drug-likeness (QED) is 0.376. The normalized spacial score (nSPS) is 12.0. The number of para-hydroxylation sites is 2. The van der Waals surface area contributed by atoms with Gasteiger partial charge in [-0.25, -0.2) is 9.97 Å². The van der Waals surface area contributed by atoms with Crippen molar-refractivity contribution in [3.05, 3.63) is 84.4 Å². The largest absolute Gasteiger partial charge is 0.416 e. The Hall–Kier alpha value is -3.67. The maximum Gasteiger partial charge on any atom is 0.416 e. The summed E-state index contributed by atoms with van der Waals surface area (Å²) in [6.07, 6.45) is -4.42. The number of benzene rings is 3. The van der Waals surface area contributed by atoms with Crippen LogP contribution in [-0.2, 0) is 6.18 Å². The van der Waals surface area contributed by atoms with Gasteiger partial charge in [0.2, 0.25) is 0 Å². The summed E-state index contributed by atoms with van der Waals surface area (Å²) in [4.78, 5) is 12.6. The van der Waals surface area contributed by atoms with E-state index in [-0.39, 0.29) is 0 Å². The summed E-state index contributed by atoms with van der Waals surface area (Å²) >= 11 is 0. The van der Waals surface area contributed by atoms with Gasteiger partial charge >= 0.3 is 6.18 Å². The Morgan fingerprint density at radius 3 is 2.07 bits per heavy atom. The fourth-order valence-corrected chi connectivity index (χ4v) is 3.51. The third-order valence-electron chi connectivity index (χ3n) is 4.84. The number of rotatable bonds is 2. The van der Waals surface area contributed by atoms with E-state index in [1.165, 1.54) is 6.07 Å². The van der Waals surface area contributed by atoms with Gasteiger partial charge in [-0.2, -0.15) is 13.2 Å². The molecule has 142 valence electrons. The van der Waals surface area contributed by atoms with Crippen molar-refractivity contribution >= 4 is 22.2 Å². The van der Waals surface area contributed by atoms with Crippen LogP contribution in [0, 0.1) is 0 Å². The molecule has 0 spiro atoms. The Morgan fingerprint density at radius 2 is 1.34 bits per heavy atom. The van der Waals surface area contributed by atoms with Gasteiger partial charge in [0.25, 0.3) is 0 Å². The second-order valence-electron chi connectivity index (χ2n) is 6.73. The van der Waals surface area contributed by atoms with E-state index >= 15 is 0 Å². The van der Waals surface area contributed by atoms with Crippen LogP contribution < -0.4 is 0 Å². The highest BCUT2D eigenvalue weighted by molar-refractivity contribution is 6.02. The molecule has 2 heterocycles. The number of nitrogens with zero attached hydrogens (tertiary/aromatic N) is 2. The van der Waals surface area contributed by atoms with Gasteiger partial charge in [-0.1, -0.05) is 54.6 Å². The molecule has 0 bridgehead atoms. The minimum Gasteiger partial charge on any atom is -0.337 e. The summed E-state index contributed by atoms with van der Waals surface area (Å²) < 4.78 is 40.0. The number of H-pyrrole nitrogens is 1. The highest BCUT2D eigenvalue weighted by Crippen LogP contribution is 2.39. The Morgan fingerprint density at radius 1 is 0.690 bits per heavy atom. The minimum atomic E-state index is -4.42. The molecule has 3 aromatic carbocycles. The molecule has 0 saturated carbocycles. The van der Waals surface area contributed by atoms with Crippen LogP contribution in [-0.4, -0.2) is 15.0 Å². The molecule has 0 radical (unpaired) electrons. The summed E-state index contributed by atoms with van der Waals surface area (Å²) in [5.74, 6) is 0. The highest BCUT2D eigenvalue weighted by Gasteiger charge is 2.31. The zero-order valence-electron chi connectivity index (χ0n) is 15.0. The van der Waals surface area contributed by atoms with Crippen molar-refractivity contribution in [2.24, 2.45) is 0 Å². The Kier molecular flexibility index (Phi) is 3.87. The number of fused-ring (bicyclic) bond motifs is 2. The van der Waals surface area contributed by atoms with Gasteiger partial charge < -0.3 is 4.98 Å². The topological polar surface area (TPSA) is 41.6 Å². The van der Waals surface area contributed by atoms with Gasteiger partial charge in [0.05, 0.1) is 22.3 Å². The highest BCUT2D eigenvalue weighted by atomic mass is 19.4. The summed E-state index contributed by atoms with van der Waals surface area (Å²) in [6, 6.07) is 22.2. The summed E-state index contributed by atoms with van der Waals surface area (Å²) in [6.45, 7) is 0. The molecule has 5 rings (SSSR count). The predicted octanol–water partition coefficient (Wildman–Crippen LogP) is 6.46. The maximum absolute atomic E-state index is 13.3. The Labute approximate surface area is 163 Å². The molecule has 6 heteroatoms. The van der Waals surface area contributed by atoms with Crippen molar-refractivity contribution < 1.29 is 13.2 Å². The molecule has 0 aliphatic heterocycles. The molecule has 0 saturated heterocycles. The number of hydrogen-bond acceptors (Lipinski definition) is 2. The lowest BCUT2D eigenvalue weighted by molar-refractivity contribution is -0.137. The lowest BCUT2D eigenvalue weighted by atomic mass is 9.99. The van der Waals surface area contributed by atoms with E-state index in [0.29, 0.717) is 33.5 Å². The zero-order chi connectivity index (χ0) is 20.0. The van der Waals surface area contributed by atoms with E-state index in [1.54, 1.807) is 6.07 Å². The first-order valence-electron chi connectivity index (χ1n) is 9.02. The van der Waals surface area contributed by atoms with Crippen molar-refractivity contribution in [1.29, 1.82) is 0 Å². The van der Waals surface area contributed by atoms with Gasteiger partial charge in [-0.15, -0.1) is 0 Å². The molecule has 2 aromatic heterocycles. The molecular formula is C23H14F3N3. The second kappa shape index (κ2) is 6.44. The number of halogens is 3. The van der Waals surface area contributed by atoms with Crippen LogP contribution in [0.15, 0.2) is 78.9 Å². The van der Waals surface area contributed by atoms with Crippen LogP contribution in [0.1, 0.15) is 5.56 Å². The van der Waals surface area contributed by atoms with Crippen LogP contribution >= 0.6 is 0 Å². The maximum atomic E-state index is 13.3. The van der Waals surface area contributed by atoms with Crippen molar-refractivity contribution in [3.8, 4) is 22.4 Å². The number of hydrogen-bond donors (Lipinski definition) is 1. The molecule has 0 aliphatic rings. The Balaban J connectivity index is 1.86. The van der Waals surface area contributed by atoms with E-state index < -0.39 is 11.7 Å². The van der Waals surface area contributed by atoms with E-state index in [0.717, 1.165) is 23.2 Å². The van der Waals surface area contributed by atoms with Gasteiger partial charge in [-0.05, 0) is 35.4 Å². The summed E-state index contributed by atoms with van der Waals surface area (Å²) in [5, 5.41) is 0. The van der Waals surface area contributed by atoms with Crippen LogP contribution in [0.5, 0.6) is 0 Å². The number of alkyl halides is 3. The van der Waals surface area contributed by atoms with Crippen LogP contribution in [0.25, 0.3) is 44.6 Å². The smallest absolute Gasteiger partial charge is 0.337 e. The van der Waals surface area contributed by atoms with Crippen molar-refractivity contribution in [3.63, 3.8) is 0 Å². The summed E-state index contributed by atoms with van der Waals surface area (Å²) in [5.41, 5.74) is 4.38. The number of nitrogens with one attached hydrogen (secondary N) is 1. The SMILES string of the molecule is FC(F)(F)c1cccc(-c2c(-c3ccccc3)[nH]c3nc4ccccc4nc23)c1. The van der Waals surface area contributed by atoms with E-state index in [9.17, 15) is 13.2 Å². The average molecular weight is 389 g/mol. The van der Waals surface area contributed by atoms with Crippen LogP contribution in [0.3, 0.4) is 0 Å². The molecule has 0 fully saturated rings. The third kappa shape index (κ3) is 3.02. The van der Waals surface area contributed by atoms with E-state index in [1.807, 2.05) is 54.6 Å². The molecular weight excluding hydrogens is 375 g/mol. The standard InChI is InChI=1S/C23H14F3N3/c24-23(25,26)16-10-6-9-15(13-16)19-20(14-7-2-1-3-8-14)29-22-21(19)27-17-11-4-5-12-18(17)28-22/h1-13H,(H,28,29). The molecule has 1 N–H and O–H groups in total. The van der Waals surface area contributed by atoms with Crippen molar-refractivity contribution in [2.45, 2.75) is 6.18 Å². The molecule has 0 unspecified atom stereocenters. The zero-order valence-corrected chi connectivity index (χ0v) is 15.0. The first kappa shape index (κ1) is 17.4. The van der Waals surface area contributed by atoms with Crippen molar-refractivity contribution in [2.75, 3.05) is 0 Å².